The third-order valence-corrected chi connectivity index (χ3v) is 1.87. The summed E-state index contributed by atoms with van der Waals surface area (Å²) in [4.78, 5) is 17.0. The Morgan fingerprint density at radius 1 is 1.18 bits per heavy atom. The number of ether oxygens (including phenoxy) is 1. The van der Waals surface area contributed by atoms with Crippen LogP contribution in [0.1, 0.15) is 19.8 Å². The lowest BCUT2D eigenvalue weighted by molar-refractivity contribution is 0.0379. The maximum Gasteiger partial charge on any atom is 0.258 e. The van der Waals surface area contributed by atoms with Gasteiger partial charge in [0.1, 0.15) is 6.73 Å². The summed E-state index contributed by atoms with van der Waals surface area (Å²) in [6, 6.07) is 0. The molecule has 0 unspecified atom stereocenters. The van der Waals surface area contributed by atoms with Gasteiger partial charge in [-0.05, 0) is 6.42 Å². The number of methoxy groups -OCH3 is 1. The van der Waals surface area contributed by atoms with Gasteiger partial charge in [-0.1, -0.05) is 13.3 Å². The molecule has 0 radical (unpaired) electrons. The monoisotopic (exact) mass is 242 g/mol. The first kappa shape index (κ1) is 13.4. The number of unbranched alkanes of at least 4 members (excludes halogenated alkanes) is 1. The van der Waals surface area contributed by atoms with Crippen molar-refractivity contribution in [1.82, 2.24) is 15.0 Å². The molecule has 0 saturated carbocycles. The van der Waals surface area contributed by atoms with E-state index in [9.17, 15) is 0 Å². The number of rotatable bonds is 7. The third kappa shape index (κ3) is 4.37. The summed E-state index contributed by atoms with van der Waals surface area (Å²) < 4.78 is 4.99. The van der Waals surface area contributed by atoms with Crippen LogP contribution in [-0.2, 0) is 9.57 Å². The number of anilines is 3. The largest absolute Gasteiger partial charge is 0.368 e. The van der Waals surface area contributed by atoms with Crippen LogP contribution in [0.5, 0.6) is 0 Å². The Kier molecular flexibility index (Phi) is 5.37. The zero-order valence-electron chi connectivity index (χ0n) is 10.1. The molecule has 0 atom stereocenters. The fourth-order valence-electron chi connectivity index (χ4n) is 1.10. The second kappa shape index (κ2) is 6.81. The normalized spacial score (nSPS) is 10.5. The van der Waals surface area contributed by atoms with E-state index in [-0.39, 0.29) is 24.6 Å². The molecule has 1 aromatic rings. The average Bonchev–Trinajstić information content (AvgIpc) is 2.27. The molecule has 4 N–H and O–H groups in total. The first-order valence-corrected chi connectivity index (χ1v) is 5.33. The Hall–Kier alpha value is -1.67. The molecule has 0 amide bonds. The van der Waals surface area contributed by atoms with Crippen molar-refractivity contribution in [2.75, 3.05) is 37.0 Å². The Balaban J connectivity index is 2.73. The maximum atomic E-state index is 5.48. The van der Waals surface area contributed by atoms with E-state index in [1.807, 2.05) is 0 Å². The van der Waals surface area contributed by atoms with Crippen molar-refractivity contribution in [3.8, 4) is 0 Å². The zero-order valence-corrected chi connectivity index (χ0v) is 10.1. The van der Waals surface area contributed by atoms with Gasteiger partial charge in [0.25, 0.3) is 5.95 Å². The highest BCUT2D eigenvalue weighted by atomic mass is 16.7. The van der Waals surface area contributed by atoms with Gasteiger partial charge in [-0.15, -0.1) is 0 Å². The molecule has 1 aromatic heterocycles. The number of nitrogen functional groups attached to an aromatic ring is 2. The van der Waals surface area contributed by atoms with Crippen molar-refractivity contribution in [3.05, 3.63) is 0 Å². The van der Waals surface area contributed by atoms with Gasteiger partial charge >= 0.3 is 0 Å². The van der Waals surface area contributed by atoms with Crippen molar-refractivity contribution in [1.29, 1.82) is 0 Å². The van der Waals surface area contributed by atoms with Gasteiger partial charge in [-0.25, -0.2) is 0 Å². The van der Waals surface area contributed by atoms with Crippen LogP contribution in [0.25, 0.3) is 0 Å². The predicted octanol–water partition coefficient (Wildman–Crippen LogP) is 0.178. The predicted molar refractivity (Wildman–Crippen MR) is 63.9 cm³/mol. The van der Waals surface area contributed by atoms with E-state index in [2.05, 4.69) is 21.9 Å². The number of hydrogen-bond acceptors (Lipinski definition) is 8. The second-order valence-electron chi connectivity index (χ2n) is 3.33. The highest BCUT2D eigenvalue weighted by Gasteiger charge is 2.12. The van der Waals surface area contributed by atoms with Gasteiger partial charge in [0.05, 0.1) is 6.61 Å². The number of hydroxylamine groups is 1. The minimum atomic E-state index is 0.0488. The fourth-order valence-corrected chi connectivity index (χ4v) is 1.10. The van der Waals surface area contributed by atoms with E-state index in [0.717, 1.165) is 12.8 Å². The first-order chi connectivity index (χ1) is 8.17. The smallest absolute Gasteiger partial charge is 0.258 e. The van der Waals surface area contributed by atoms with Gasteiger partial charge in [0, 0.05) is 7.11 Å². The molecule has 0 bridgehead atoms. The lowest BCUT2D eigenvalue weighted by Crippen LogP contribution is -2.29. The van der Waals surface area contributed by atoms with E-state index in [1.165, 1.54) is 5.06 Å². The summed E-state index contributed by atoms with van der Waals surface area (Å²) in [6.45, 7) is 2.81. The molecule has 0 saturated heterocycles. The van der Waals surface area contributed by atoms with E-state index in [4.69, 9.17) is 21.0 Å². The molecule has 0 spiro atoms. The summed E-state index contributed by atoms with van der Waals surface area (Å²) in [6.07, 6.45) is 1.96. The van der Waals surface area contributed by atoms with E-state index >= 15 is 0 Å². The number of nitrogens with zero attached hydrogens (tertiary/aromatic N) is 4. The first-order valence-electron chi connectivity index (χ1n) is 5.33. The fraction of sp³-hybridized carbons (Fsp3) is 0.667. The van der Waals surface area contributed by atoms with Crippen molar-refractivity contribution in [3.63, 3.8) is 0 Å². The van der Waals surface area contributed by atoms with Crippen molar-refractivity contribution in [2.45, 2.75) is 19.8 Å². The Morgan fingerprint density at radius 2 is 1.82 bits per heavy atom. The van der Waals surface area contributed by atoms with Gasteiger partial charge in [0.15, 0.2) is 0 Å². The summed E-state index contributed by atoms with van der Waals surface area (Å²) in [5.41, 5.74) is 11.0. The molecule has 8 heteroatoms. The Bertz CT molecular complexity index is 328. The highest BCUT2D eigenvalue weighted by Crippen LogP contribution is 2.11. The molecule has 0 aliphatic rings. The molecule has 0 aromatic carbocycles. The SMILES string of the molecule is CCCCON(COC)c1nc(N)nc(N)n1. The third-order valence-electron chi connectivity index (χ3n) is 1.87. The molecule has 8 nitrogen and oxygen atoms in total. The quantitative estimate of drug-likeness (QED) is 0.395. The van der Waals surface area contributed by atoms with Crippen LogP contribution >= 0.6 is 0 Å². The maximum absolute atomic E-state index is 5.48. The second-order valence-corrected chi connectivity index (χ2v) is 3.33. The van der Waals surface area contributed by atoms with Crippen molar-refractivity contribution >= 4 is 17.8 Å². The van der Waals surface area contributed by atoms with E-state index in [1.54, 1.807) is 7.11 Å². The average molecular weight is 242 g/mol. The van der Waals surface area contributed by atoms with Crippen LogP contribution in [0, 0.1) is 0 Å². The molecule has 1 rings (SSSR count). The molecular formula is C9H18N6O2. The minimum absolute atomic E-state index is 0.0488. The summed E-state index contributed by atoms with van der Waals surface area (Å²) in [7, 11) is 1.55. The Morgan fingerprint density at radius 3 is 2.35 bits per heavy atom. The van der Waals surface area contributed by atoms with Gasteiger partial charge in [-0.2, -0.15) is 20.0 Å². The summed E-state index contributed by atoms with van der Waals surface area (Å²) in [5.74, 6) is 0.341. The molecule has 1 heterocycles. The molecule has 0 fully saturated rings. The number of hydrogen-bond donors (Lipinski definition) is 2. The van der Waals surface area contributed by atoms with E-state index < -0.39 is 0 Å². The number of aromatic nitrogens is 3. The van der Waals surface area contributed by atoms with Crippen LogP contribution in [0.15, 0.2) is 0 Å². The lowest BCUT2D eigenvalue weighted by Gasteiger charge is -2.20. The van der Waals surface area contributed by atoms with Gasteiger partial charge < -0.3 is 16.2 Å². The highest BCUT2D eigenvalue weighted by molar-refractivity contribution is 5.37. The zero-order chi connectivity index (χ0) is 12.7. The topological polar surface area (TPSA) is 112 Å². The van der Waals surface area contributed by atoms with Crippen LogP contribution < -0.4 is 16.5 Å². The van der Waals surface area contributed by atoms with Crippen LogP contribution in [0.3, 0.4) is 0 Å². The molecule has 0 aliphatic carbocycles. The minimum Gasteiger partial charge on any atom is -0.368 e. The van der Waals surface area contributed by atoms with Crippen LogP contribution in [0.4, 0.5) is 17.8 Å². The molecule has 96 valence electrons. The van der Waals surface area contributed by atoms with Crippen molar-refractivity contribution < 1.29 is 9.57 Å². The molecule has 17 heavy (non-hydrogen) atoms. The lowest BCUT2D eigenvalue weighted by atomic mass is 10.4. The van der Waals surface area contributed by atoms with Crippen LogP contribution in [0.2, 0.25) is 0 Å². The van der Waals surface area contributed by atoms with Crippen molar-refractivity contribution in [2.24, 2.45) is 0 Å². The molecular weight excluding hydrogens is 224 g/mol. The molecule has 0 aliphatic heterocycles. The standard InChI is InChI=1S/C9H18N6O2/c1-3-4-5-17-15(6-16-2)9-13-7(10)12-8(11)14-9/h3-6H2,1-2H3,(H4,10,11,12,13,14). The van der Waals surface area contributed by atoms with Gasteiger partial charge in [0.2, 0.25) is 11.9 Å². The van der Waals surface area contributed by atoms with Gasteiger partial charge in [-0.3, -0.25) is 4.84 Å². The number of nitrogens with two attached hydrogens (primary N) is 2. The Labute approximate surface area is 99.9 Å². The summed E-state index contributed by atoms with van der Waals surface area (Å²) in [5, 5.41) is 1.39. The van der Waals surface area contributed by atoms with Crippen LogP contribution in [-0.4, -0.2) is 35.4 Å². The van der Waals surface area contributed by atoms with E-state index in [0.29, 0.717) is 6.61 Å². The summed E-state index contributed by atoms with van der Waals surface area (Å²) >= 11 is 0.